The highest BCUT2D eigenvalue weighted by molar-refractivity contribution is 5.81. The van der Waals surface area contributed by atoms with Crippen molar-refractivity contribution < 1.29 is 25.2 Å². The summed E-state index contributed by atoms with van der Waals surface area (Å²) in [5.74, 6) is -0.948. The van der Waals surface area contributed by atoms with Gasteiger partial charge in [0, 0.05) is 12.5 Å². The Hall–Kier alpha value is -0.730. The normalized spacial score (nSPS) is 31.7. The van der Waals surface area contributed by atoms with Gasteiger partial charge in [-0.25, -0.2) is 0 Å². The molecule has 0 radical (unpaired) electrons. The van der Waals surface area contributed by atoms with Crippen LogP contribution in [0.3, 0.4) is 0 Å². The average molecular weight is 346 g/mol. The zero-order chi connectivity index (χ0) is 18.1. The maximum atomic E-state index is 12.2. The molecule has 7 heteroatoms. The molecule has 0 aromatic rings. The lowest BCUT2D eigenvalue weighted by Crippen LogP contribution is -2.61. The minimum absolute atomic E-state index is 0.200. The second-order valence-electron chi connectivity index (χ2n) is 6.93. The number of unbranched alkanes of at least 4 members (excludes halogenated alkanes) is 5. The molecule has 0 aromatic carbocycles. The average Bonchev–Trinajstić information content (AvgIpc) is 2.58. The van der Waals surface area contributed by atoms with Gasteiger partial charge in [0.25, 0.3) is 0 Å². The van der Waals surface area contributed by atoms with Crippen molar-refractivity contribution >= 4 is 5.91 Å². The predicted octanol–water partition coefficient (Wildman–Crippen LogP) is -0.356. The van der Waals surface area contributed by atoms with Crippen LogP contribution in [0.2, 0.25) is 0 Å². The van der Waals surface area contributed by atoms with E-state index in [-0.39, 0.29) is 18.9 Å². The van der Waals surface area contributed by atoms with Crippen molar-refractivity contribution in [3.05, 3.63) is 0 Å². The van der Waals surface area contributed by atoms with E-state index >= 15 is 0 Å². The summed E-state index contributed by atoms with van der Waals surface area (Å²) in [7, 11) is 0. The molecule has 7 N–H and O–H groups in total. The minimum Gasteiger partial charge on any atom is -0.396 e. The molecule has 7 nitrogen and oxygen atoms in total. The Bertz CT molecular complexity index is 367. The molecule has 0 aliphatic heterocycles. The van der Waals surface area contributed by atoms with Crippen LogP contribution in [0.4, 0.5) is 0 Å². The second kappa shape index (κ2) is 11.0. The van der Waals surface area contributed by atoms with Gasteiger partial charge in [-0.3, -0.25) is 4.79 Å². The van der Waals surface area contributed by atoms with Gasteiger partial charge in [-0.2, -0.15) is 0 Å². The standard InChI is InChI=1S/C17H34N2O5/c1-2-3-4-5-6-7-8-12(18)17(24)19-13-9-11(10-20)14(21)16(23)15(13)22/h11-16,20-23H,2-10,18H2,1H3,(H,19,24). The van der Waals surface area contributed by atoms with E-state index in [0.29, 0.717) is 6.42 Å². The van der Waals surface area contributed by atoms with Crippen LogP contribution in [0.15, 0.2) is 0 Å². The molecule has 142 valence electrons. The van der Waals surface area contributed by atoms with Crippen LogP contribution in [0.25, 0.3) is 0 Å². The summed E-state index contributed by atoms with van der Waals surface area (Å²) < 4.78 is 0. The number of aliphatic hydroxyl groups excluding tert-OH is 4. The molecule has 1 saturated carbocycles. The van der Waals surface area contributed by atoms with E-state index in [0.717, 1.165) is 19.3 Å². The Balaban J connectivity index is 2.36. The van der Waals surface area contributed by atoms with Gasteiger partial charge in [0.15, 0.2) is 0 Å². The highest BCUT2D eigenvalue weighted by atomic mass is 16.4. The fourth-order valence-corrected chi connectivity index (χ4v) is 3.22. The van der Waals surface area contributed by atoms with Gasteiger partial charge in [0.2, 0.25) is 5.91 Å². The number of carbonyl (C=O) groups is 1. The largest absolute Gasteiger partial charge is 0.396 e. The van der Waals surface area contributed by atoms with Crippen LogP contribution in [0.5, 0.6) is 0 Å². The SMILES string of the molecule is CCCCCCCCC(N)C(=O)NC1CC(CO)C(O)C(O)C1O. The smallest absolute Gasteiger partial charge is 0.237 e. The first-order valence-electron chi connectivity index (χ1n) is 9.13. The summed E-state index contributed by atoms with van der Waals surface area (Å²) in [6.07, 6.45) is 3.62. The van der Waals surface area contributed by atoms with E-state index in [1.165, 1.54) is 19.3 Å². The first-order valence-corrected chi connectivity index (χ1v) is 9.13. The van der Waals surface area contributed by atoms with Crippen molar-refractivity contribution in [1.29, 1.82) is 0 Å². The van der Waals surface area contributed by atoms with Crippen LogP contribution < -0.4 is 11.1 Å². The zero-order valence-corrected chi connectivity index (χ0v) is 14.6. The van der Waals surface area contributed by atoms with Crippen molar-refractivity contribution in [3.8, 4) is 0 Å². The Labute approximate surface area is 144 Å². The molecule has 6 atom stereocenters. The molecule has 1 amide bonds. The van der Waals surface area contributed by atoms with Gasteiger partial charge in [0.05, 0.1) is 18.2 Å². The molecular formula is C17H34N2O5. The van der Waals surface area contributed by atoms with E-state index in [1.807, 2.05) is 0 Å². The summed E-state index contributed by atoms with van der Waals surface area (Å²) in [5, 5.41) is 41.5. The van der Waals surface area contributed by atoms with Gasteiger partial charge in [-0.05, 0) is 12.8 Å². The van der Waals surface area contributed by atoms with Crippen molar-refractivity contribution in [2.75, 3.05) is 6.61 Å². The highest BCUT2D eigenvalue weighted by Crippen LogP contribution is 2.25. The summed E-state index contributed by atoms with van der Waals surface area (Å²) in [5.41, 5.74) is 5.89. The molecular weight excluding hydrogens is 312 g/mol. The summed E-state index contributed by atoms with van der Waals surface area (Å²) in [6, 6.07) is -1.37. The van der Waals surface area contributed by atoms with E-state index in [9.17, 15) is 25.2 Å². The molecule has 1 fully saturated rings. The third-order valence-corrected chi connectivity index (χ3v) is 4.92. The molecule has 6 unspecified atom stereocenters. The Morgan fingerprint density at radius 1 is 1.08 bits per heavy atom. The monoisotopic (exact) mass is 346 g/mol. The highest BCUT2D eigenvalue weighted by Gasteiger charge is 2.43. The summed E-state index contributed by atoms with van der Waals surface area (Å²) in [6.45, 7) is 1.85. The van der Waals surface area contributed by atoms with Gasteiger partial charge >= 0.3 is 0 Å². The van der Waals surface area contributed by atoms with Crippen LogP contribution in [0.1, 0.15) is 58.3 Å². The molecule has 1 aliphatic rings. The van der Waals surface area contributed by atoms with E-state index in [2.05, 4.69) is 12.2 Å². The first kappa shape index (κ1) is 21.3. The first-order chi connectivity index (χ1) is 11.4. The number of hydrogen-bond acceptors (Lipinski definition) is 6. The van der Waals surface area contributed by atoms with E-state index in [4.69, 9.17) is 5.73 Å². The van der Waals surface area contributed by atoms with Gasteiger partial charge < -0.3 is 31.5 Å². The predicted molar refractivity (Wildman–Crippen MR) is 91.1 cm³/mol. The number of rotatable bonds is 10. The van der Waals surface area contributed by atoms with Crippen LogP contribution in [0, 0.1) is 5.92 Å². The molecule has 1 aliphatic carbocycles. The number of carbonyl (C=O) groups excluding carboxylic acids is 1. The number of hydrogen-bond donors (Lipinski definition) is 6. The third kappa shape index (κ3) is 6.29. The molecule has 0 saturated heterocycles. The van der Waals surface area contributed by atoms with Crippen LogP contribution in [-0.2, 0) is 4.79 Å². The number of amides is 1. The van der Waals surface area contributed by atoms with Crippen molar-refractivity contribution in [1.82, 2.24) is 5.32 Å². The molecule has 24 heavy (non-hydrogen) atoms. The molecule has 0 aromatic heterocycles. The number of aliphatic hydroxyl groups is 4. The minimum atomic E-state index is -1.39. The number of nitrogens with two attached hydrogens (primary N) is 1. The fourth-order valence-electron chi connectivity index (χ4n) is 3.22. The number of nitrogens with one attached hydrogen (secondary N) is 1. The quantitative estimate of drug-likeness (QED) is 0.299. The van der Waals surface area contributed by atoms with E-state index in [1.54, 1.807) is 0 Å². The lowest BCUT2D eigenvalue weighted by molar-refractivity contribution is -0.141. The second-order valence-corrected chi connectivity index (χ2v) is 6.93. The van der Waals surface area contributed by atoms with Crippen molar-refractivity contribution in [2.45, 2.75) is 88.7 Å². The van der Waals surface area contributed by atoms with Crippen LogP contribution >= 0.6 is 0 Å². The Kier molecular flexibility index (Phi) is 9.76. The molecule has 1 rings (SSSR count). The molecule has 0 spiro atoms. The maximum Gasteiger partial charge on any atom is 0.237 e. The summed E-state index contributed by atoms with van der Waals surface area (Å²) >= 11 is 0. The molecule has 0 bridgehead atoms. The fraction of sp³-hybridized carbons (Fsp3) is 0.941. The third-order valence-electron chi connectivity index (χ3n) is 4.92. The lowest BCUT2D eigenvalue weighted by Gasteiger charge is -2.40. The van der Waals surface area contributed by atoms with Gasteiger partial charge in [-0.15, -0.1) is 0 Å². The topological polar surface area (TPSA) is 136 Å². The van der Waals surface area contributed by atoms with Crippen molar-refractivity contribution in [3.63, 3.8) is 0 Å². The Morgan fingerprint density at radius 2 is 1.71 bits per heavy atom. The lowest BCUT2D eigenvalue weighted by atomic mass is 9.79. The summed E-state index contributed by atoms with van der Waals surface area (Å²) in [4.78, 5) is 12.2. The Morgan fingerprint density at radius 3 is 2.33 bits per heavy atom. The van der Waals surface area contributed by atoms with E-state index < -0.39 is 36.3 Å². The van der Waals surface area contributed by atoms with Gasteiger partial charge in [0.1, 0.15) is 12.2 Å². The molecule has 0 heterocycles. The zero-order valence-electron chi connectivity index (χ0n) is 14.6. The van der Waals surface area contributed by atoms with Gasteiger partial charge in [-0.1, -0.05) is 45.4 Å². The van der Waals surface area contributed by atoms with Crippen molar-refractivity contribution in [2.24, 2.45) is 11.7 Å². The maximum absolute atomic E-state index is 12.2. The van der Waals surface area contributed by atoms with Crippen LogP contribution in [-0.4, -0.2) is 63.3 Å².